The van der Waals surface area contributed by atoms with Gasteiger partial charge in [-0.3, -0.25) is 20.3 Å². The topological polar surface area (TPSA) is 111 Å². The number of furan rings is 1. The first kappa shape index (κ1) is 14.8. The standard InChI is InChI=1S/C13H10ClN3O4/c14-8-1-4-10(11(7-8)17(19)20)12-5-2-9(21-12)3-6-13(18)16-15/h1-7H,15H2,(H,16,18)/b6-3+. The molecule has 1 amide bonds. The Bertz CT molecular complexity index is 724. The van der Waals surface area contributed by atoms with Crippen LogP contribution >= 0.6 is 11.6 Å². The summed E-state index contributed by atoms with van der Waals surface area (Å²) in [5.74, 6) is 5.09. The summed E-state index contributed by atoms with van der Waals surface area (Å²) < 4.78 is 5.44. The summed E-state index contributed by atoms with van der Waals surface area (Å²) in [6.45, 7) is 0. The molecule has 3 N–H and O–H groups in total. The van der Waals surface area contributed by atoms with Gasteiger partial charge in [-0.2, -0.15) is 0 Å². The van der Waals surface area contributed by atoms with Crippen molar-refractivity contribution in [1.29, 1.82) is 0 Å². The highest BCUT2D eigenvalue weighted by Crippen LogP contribution is 2.33. The third kappa shape index (κ3) is 3.47. The summed E-state index contributed by atoms with van der Waals surface area (Å²) in [5, 5.41) is 11.3. The summed E-state index contributed by atoms with van der Waals surface area (Å²) in [4.78, 5) is 21.5. The number of rotatable bonds is 4. The Morgan fingerprint density at radius 3 is 2.81 bits per heavy atom. The van der Waals surface area contributed by atoms with Crippen molar-refractivity contribution in [1.82, 2.24) is 5.43 Å². The Morgan fingerprint density at radius 2 is 2.14 bits per heavy atom. The molecule has 0 radical (unpaired) electrons. The van der Waals surface area contributed by atoms with Gasteiger partial charge in [-0.15, -0.1) is 0 Å². The van der Waals surface area contributed by atoms with Crippen LogP contribution in [0.25, 0.3) is 17.4 Å². The molecule has 0 fully saturated rings. The van der Waals surface area contributed by atoms with Crippen LogP contribution in [0.3, 0.4) is 0 Å². The Hall–Kier alpha value is -2.64. The number of nitrogens with one attached hydrogen (secondary N) is 1. The molecule has 0 unspecified atom stereocenters. The van der Waals surface area contributed by atoms with Gasteiger partial charge in [-0.05, 0) is 30.3 Å². The van der Waals surface area contributed by atoms with Gasteiger partial charge < -0.3 is 4.42 Å². The molecule has 2 rings (SSSR count). The first-order valence-corrected chi connectivity index (χ1v) is 6.12. The summed E-state index contributed by atoms with van der Waals surface area (Å²) >= 11 is 5.75. The zero-order valence-electron chi connectivity index (χ0n) is 10.6. The molecular weight excluding hydrogens is 298 g/mol. The van der Waals surface area contributed by atoms with Crippen molar-refractivity contribution in [3.8, 4) is 11.3 Å². The number of amides is 1. The van der Waals surface area contributed by atoms with Crippen LogP contribution in [0, 0.1) is 10.1 Å². The number of nitrogens with two attached hydrogens (primary N) is 1. The molecule has 0 spiro atoms. The van der Waals surface area contributed by atoms with E-state index in [1.807, 2.05) is 5.43 Å². The lowest BCUT2D eigenvalue weighted by Crippen LogP contribution is -2.27. The highest BCUT2D eigenvalue weighted by molar-refractivity contribution is 6.30. The smallest absolute Gasteiger partial charge is 0.281 e. The SMILES string of the molecule is NNC(=O)/C=C/c1ccc(-c2ccc(Cl)cc2[N+](=O)[O-])o1. The number of nitro benzene ring substituents is 1. The average molecular weight is 308 g/mol. The van der Waals surface area contributed by atoms with E-state index in [0.29, 0.717) is 17.1 Å². The molecule has 0 aliphatic heterocycles. The van der Waals surface area contributed by atoms with Crippen LogP contribution in [0.15, 0.2) is 40.8 Å². The molecule has 8 heteroatoms. The van der Waals surface area contributed by atoms with Crippen molar-refractivity contribution in [2.24, 2.45) is 5.84 Å². The average Bonchev–Trinajstić information content (AvgIpc) is 2.93. The lowest BCUT2D eigenvalue weighted by atomic mass is 10.1. The lowest BCUT2D eigenvalue weighted by molar-refractivity contribution is -0.384. The van der Waals surface area contributed by atoms with Gasteiger partial charge in [0.15, 0.2) is 0 Å². The molecule has 0 saturated heterocycles. The van der Waals surface area contributed by atoms with Gasteiger partial charge in [0.25, 0.3) is 11.6 Å². The van der Waals surface area contributed by atoms with E-state index in [4.69, 9.17) is 21.9 Å². The van der Waals surface area contributed by atoms with E-state index in [1.54, 1.807) is 12.1 Å². The number of hydrogen-bond donors (Lipinski definition) is 2. The Labute approximate surface area is 124 Å². The molecule has 1 aromatic carbocycles. The number of hydrogen-bond acceptors (Lipinski definition) is 5. The van der Waals surface area contributed by atoms with Gasteiger partial charge in [0.1, 0.15) is 11.5 Å². The normalized spacial score (nSPS) is 10.8. The monoisotopic (exact) mass is 307 g/mol. The van der Waals surface area contributed by atoms with E-state index >= 15 is 0 Å². The Balaban J connectivity index is 2.36. The van der Waals surface area contributed by atoms with Crippen LogP contribution in [-0.2, 0) is 4.79 Å². The molecule has 108 valence electrons. The van der Waals surface area contributed by atoms with Gasteiger partial charge in [-0.25, -0.2) is 5.84 Å². The minimum atomic E-state index is -0.541. The number of halogens is 1. The van der Waals surface area contributed by atoms with Gasteiger partial charge in [0, 0.05) is 17.2 Å². The van der Waals surface area contributed by atoms with Gasteiger partial charge in [0.05, 0.1) is 10.5 Å². The van der Waals surface area contributed by atoms with Crippen molar-refractivity contribution in [3.63, 3.8) is 0 Å². The summed E-state index contributed by atoms with van der Waals surface area (Å²) in [5.41, 5.74) is 2.07. The fourth-order valence-corrected chi connectivity index (χ4v) is 1.82. The molecule has 0 bridgehead atoms. The summed E-state index contributed by atoms with van der Waals surface area (Å²) in [6.07, 6.45) is 2.58. The third-order valence-corrected chi connectivity index (χ3v) is 2.83. The lowest BCUT2D eigenvalue weighted by Gasteiger charge is -2.00. The van der Waals surface area contributed by atoms with Crippen LogP contribution in [-0.4, -0.2) is 10.8 Å². The molecule has 21 heavy (non-hydrogen) atoms. The van der Waals surface area contributed by atoms with Crippen LogP contribution in [0.1, 0.15) is 5.76 Å². The summed E-state index contributed by atoms with van der Waals surface area (Å²) in [7, 11) is 0. The molecule has 2 aromatic rings. The fraction of sp³-hybridized carbons (Fsp3) is 0. The number of nitrogens with zero attached hydrogens (tertiary/aromatic N) is 1. The van der Waals surface area contributed by atoms with E-state index in [-0.39, 0.29) is 10.7 Å². The number of nitro groups is 1. The Morgan fingerprint density at radius 1 is 1.38 bits per heavy atom. The highest BCUT2D eigenvalue weighted by Gasteiger charge is 2.18. The number of carbonyl (C=O) groups excluding carboxylic acids is 1. The first-order chi connectivity index (χ1) is 10.0. The van der Waals surface area contributed by atoms with Gasteiger partial charge >= 0.3 is 0 Å². The molecular formula is C13H10ClN3O4. The fourth-order valence-electron chi connectivity index (χ4n) is 1.66. The third-order valence-electron chi connectivity index (χ3n) is 2.59. The number of benzene rings is 1. The van der Waals surface area contributed by atoms with Gasteiger partial charge in [-0.1, -0.05) is 11.6 Å². The van der Waals surface area contributed by atoms with Crippen LogP contribution in [0.2, 0.25) is 5.02 Å². The van der Waals surface area contributed by atoms with E-state index in [1.165, 1.54) is 30.4 Å². The predicted molar refractivity (Wildman–Crippen MR) is 77.2 cm³/mol. The van der Waals surface area contributed by atoms with E-state index in [9.17, 15) is 14.9 Å². The maximum Gasteiger partial charge on any atom is 0.281 e. The predicted octanol–water partition coefficient (Wildman–Crippen LogP) is 2.51. The minimum Gasteiger partial charge on any atom is -0.456 e. The van der Waals surface area contributed by atoms with Crippen molar-refractivity contribution >= 4 is 29.3 Å². The second-order valence-electron chi connectivity index (χ2n) is 3.96. The maximum atomic E-state index is 11.0. The molecule has 0 aliphatic rings. The van der Waals surface area contributed by atoms with Crippen LogP contribution in [0.5, 0.6) is 0 Å². The molecule has 0 saturated carbocycles. The van der Waals surface area contributed by atoms with Crippen LogP contribution < -0.4 is 11.3 Å². The molecule has 0 atom stereocenters. The van der Waals surface area contributed by atoms with Crippen molar-refractivity contribution < 1.29 is 14.1 Å². The van der Waals surface area contributed by atoms with E-state index in [2.05, 4.69) is 0 Å². The number of carbonyl (C=O) groups is 1. The van der Waals surface area contributed by atoms with Crippen molar-refractivity contribution in [3.05, 3.63) is 57.3 Å². The first-order valence-electron chi connectivity index (χ1n) is 5.74. The largest absolute Gasteiger partial charge is 0.456 e. The van der Waals surface area contributed by atoms with Gasteiger partial charge in [0.2, 0.25) is 0 Å². The van der Waals surface area contributed by atoms with Crippen molar-refractivity contribution in [2.75, 3.05) is 0 Å². The molecule has 0 aliphatic carbocycles. The Kier molecular flexibility index (Phi) is 4.36. The number of hydrazine groups is 1. The highest BCUT2D eigenvalue weighted by atomic mass is 35.5. The maximum absolute atomic E-state index is 11.0. The quantitative estimate of drug-likeness (QED) is 0.296. The second-order valence-corrected chi connectivity index (χ2v) is 4.40. The second kappa shape index (κ2) is 6.21. The van der Waals surface area contributed by atoms with E-state index in [0.717, 1.165) is 0 Å². The molecule has 1 aromatic heterocycles. The molecule has 1 heterocycles. The van der Waals surface area contributed by atoms with Crippen molar-refractivity contribution in [2.45, 2.75) is 0 Å². The zero-order chi connectivity index (χ0) is 15.4. The summed E-state index contributed by atoms with van der Waals surface area (Å²) in [6, 6.07) is 7.42. The molecule has 7 nitrogen and oxygen atoms in total. The van der Waals surface area contributed by atoms with E-state index < -0.39 is 10.8 Å². The zero-order valence-corrected chi connectivity index (χ0v) is 11.3. The minimum absolute atomic E-state index is 0.160. The van der Waals surface area contributed by atoms with Crippen LogP contribution in [0.4, 0.5) is 5.69 Å².